The molecule has 2 rings (SSSR count). The molecule has 0 bridgehead atoms. The van der Waals surface area contributed by atoms with Crippen LogP contribution in [0.5, 0.6) is 0 Å². The molecule has 0 aliphatic carbocycles. The van der Waals surface area contributed by atoms with Crippen molar-refractivity contribution in [1.29, 1.82) is 0 Å². The number of pyridine rings is 2. The molecule has 2 heterocycles. The number of H-pyrrole nitrogens is 2. The summed E-state index contributed by atoms with van der Waals surface area (Å²) in [5.74, 6) is -0.345. The normalized spacial score (nSPS) is 10.3. The molecule has 2 aromatic heterocycles. The average molecular weight is 404 g/mol. The molecule has 5 N–H and O–H groups in total. The van der Waals surface area contributed by atoms with Crippen LogP contribution in [0.2, 0.25) is 0 Å². The molecule has 2 aromatic rings. The number of hydrogen-bond acceptors (Lipinski definition) is 8. The Balaban J connectivity index is 0.000000436. The monoisotopic (exact) mass is 404 g/mol. The minimum atomic E-state index is -0.615. The van der Waals surface area contributed by atoms with E-state index in [-0.39, 0.29) is 36.3 Å². The summed E-state index contributed by atoms with van der Waals surface area (Å²) in [6.07, 6.45) is 1.11. The third-order valence-electron chi connectivity index (χ3n) is 3.14. The number of rotatable bonds is 7. The Morgan fingerprint density at radius 3 is 2.14 bits per heavy atom. The molecular formula is C19H24N4O6. The smallest absolute Gasteiger partial charge is 0.336 e. The van der Waals surface area contributed by atoms with E-state index in [2.05, 4.69) is 15.3 Å². The van der Waals surface area contributed by atoms with E-state index in [1.54, 1.807) is 38.1 Å². The molecule has 0 fully saturated rings. The second kappa shape index (κ2) is 12.5. The molecule has 29 heavy (non-hydrogen) atoms. The van der Waals surface area contributed by atoms with Gasteiger partial charge in [-0.05, 0) is 26.0 Å². The highest BCUT2D eigenvalue weighted by molar-refractivity contribution is 5.94. The Labute approximate surface area is 166 Å². The van der Waals surface area contributed by atoms with Crippen LogP contribution in [0.25, 0.3) is 0 Å². The van der Waals surface area contributed by atoms with Crippen LogP contribution in [0, 0.1) is 0 Å². The number of aromatic nitrogens is 2. The molecule has 0 unspecified atom stereocenters. The molecule has 0 aromatic carbocycles. The molecule has 10 nitrogen and oxygen atoms in total. The molecule has 10 heteroatoms. The van der Waals surface area contributed by atoms with Gasteiger partial charge in [-0.25, -0.2) is 4.79 Å². The van der Waals surface area contributed by atoms with E-state index in [0.29, 0.717) is 11.6 Å². The Morgan fingerprint density at radius 2 is 1.62 bits per heavy atom. The van der Waals surface area contributed by atoms with Gasteiger partial charge in [0.2, 0.25) is 11.1 Å². The minimum Gasteiger partial charge on any atom is -0.466 e. The first-order valence-electron chi connectivity index (χ1n) is 8.78. The van der Waals surface area contributed by atoms with E-state index in [4.69, 9.17) is 15.2 Å². The van der Waals surface area contributed by atoms with Crippen molar-refractivity contribution in [2.45, 2.75) is 20.3 Å². The molecule has 0 aliphatic rings. The lowest BCUT2D eigenvalue weighted by Gasteiger charge is -2.08. The first-order valence-corrected chi connectivity index (χ1v) is 8.78. The molecule has 156 valence electrons. The highest BCUT2D eigenvalue weighted by atomic mass is 16.5. The molecule has 0 radical (unpaired) electrons. The van der Waals surface area contributed by atoms with Crippen molar-refractivity contribution < 1.29 is 19.1 Å². The summed E-state index contributed by atoms with van der Waals surface area (Å²) in [6.45, 7) is 3.77. The Hall–Kier alpha value is -3.82. The fraction of sp³-hybridized carbons (Fsp3) is 0.263. The number of esters is 2. The molecule has 0 saturated carbocycles. The van der Waals surface area contributed by atoms with Gasteiger partial charge in [-0.2, -0.15) is 0 Å². The van der Waals surface area contributed by atoms with Crippen LogP contribution in [0.4, 0.5) is 11.6 Å². The van der Waals surface area contributed by atoms with Crippen molar-refractivity contribution in [3.63, 3.8) is 0 Å². The van der Waals surface area contributed by atoms with Gasteiger partial charge in [0.1, 0.15) is 11.6 Å². The second-order valence-corrected chi connectivity index (χ2v) is 5.42. The van der Waals surface area contributed by atoms with Crippen LogP contribution in [-0.4, -0.2) is 35.1 Å². The number of hydrogen-bond donors (Lipinski definition) is 4. The minimum absolute atomic E-state index is 0.111. The SMILES string of the molecule is CCOC(=O)CC(=CNc1cccc(=O)[nH]1)C(=O)OCC.Nc1cccc(=O)[nH]1. The van der Waals surface area contributed by atoms with E-state index in [1.807, 2.05) is 0 Å². The Morgan fingerprint density at radius 1 is 1.00 bits per heavy atom. The molecule has 0 saturated heterocycles. The number of nitrogens with one attached hydrogen (secondary N) is 3. The van der Waals surface area contributed by atoms with Crippen LogP contribution in [0.3, 0.4) is 0 Å². The van der Waals surface area contributed by atoms with Gasteiger partial charge in [0.05, 0.1) is 25.2 Å². The molecule has 0 atom stereocenters. The van der Waals surface area contributed by atoms with Gasteiger partial charge in [0, 0.05) is 18.3 Å². The third kappa shape index (κ3) is 9.61. The fourth-order valence-electron chi connectivity index (χ4n) is 1.94. The first kappa shape index (κ1) is 23.2. The van der Waals surface area contributed by atoms with Crippen LogP contribution >= 0.6 is 0 Å². The van der Waals surface area contributed by atoms with Gasteiger partial charge >= 0.3 is 11.9 Å². The standard InChI is InChI=1S/C14H18N2O5.C5H6N2O/c1-3-20-13(18)8-10(14(19)21-4-2)9-15-11-6-5-7-12(17)16-11;6-4-2-1-3-5(8)7-4/h5-7,9H,3-4,8H2,1-2H3,(H2,15,16,17);1-3H,(H3,6,7,8). The number of anilines is 2. The number of carbonyl (C=O) groups excluding carboxylic acids is 2. The van der Waals surface area contributed by atoms with Crippen molar-refractivity contribution in [2.75, 3.05) is 24.3 Å². The van der Waals surface area contributed by atoms with Gasteiger partial charge < -0.3 is 30.5 Å². The molecular weight excluding hydrogens is 380 g/mol. The van der Waals surface area contributed by atoms with Crippen molar-refractivity contribution in [2.24, 2.45) is 0 Å². The summed E-state index contributed by atoms with van der Waals surface area (Å²) in [6, 6.07) is 9.18. The summed E-state index contributed by atoms with van der Waals surface area (Å²) >= 11 is 0. The van der Waals surface area contributed by atoms with Gasteiger partial charge in [-0.15, -0.1) is 0 Å². The lowest BCUT2D eigenvalue weighted by Crippen LogP contribution is -2.15. The molecule has 0 aliphatic heterocycles. The second-order valence-electron chi connectivity index (χ2n) is 5.42. The first-order chi connectivity index (χ1) is 13.8. The van der Waals surface area contributed by atoms with E-state index in [0.717, 1.165) is 0 Å². The number of aromatic amines is 2. The maximum absolute atomic E-state index is 11.8. The average Bonchev–Trinajstić information content (AvgIpc) is 2.66. The van der Waals surface area contributed by atoms with Crippen molar-refractivity contribution >= 4 is 23.6 Å². The zero-order valence-corrected chi connectivity index (χ0v) is 16.2. The van der Waals surface area contributed by atoms with Gasteiger partial charge in [0.25, 0.3) is 0 Å². The van der Waals surface area contributed by atoms with Crippen LogP contribution in [-0.2, 0) is 19.1 Å². The molecule has 0 spiro atoms. The van der Waals surface area contributed by atoms with Crippen LogP contribution < -0.4 is 22.2 Å². The summed E-state index contributed by atoms with van der Waals surface area (Å²) in [5, 5.41) is 2.75. The highest BCUT2D eigenvalue weighted by Crippen LogP contribution is 2.08. The number of nitrogen functional groups attached to an aromatic ring is 1. The summed E-state index contributed by atoms with van der Waals surface area (Å²) < 4.78 is 9.67. The maximum Gasteiger partial charge on any atom is 0.336 e. The maximum atomic E-state index is 11.8. The quantitative estimate of drug-likeness (QED) is 0.395. The lowest BCUT2D eigenvalue weighted by atomic mass is 10.2. The van der Waals surface area contributed by atoms with Crippen molar-refractivity contribution in [3.8, 4) is 0 Å². The van der Waals surface area contributed by atoms with E-state index >= 15 is 0 Å². The lowest BCUT2D eigenvalue weighted by molar-refractivity contribution is -0.145. The number of carbonyl (C=O) groups is 2. The number of nitrogens with two attached hydrogens (primary N) is 1. The number of ether oxygens (including phenoxy) is 2. The predicted octanol–water partition coefficient (Wildman–Crippen LogP) is 1.14. The van der Waals surface area contributed by atoms with Gasteiger partial charge in [-0.1, -0.05) is 12.1 Å². The van der Waals surface area contributed by atoms with Crippen molar-refractivity contribution in [1.82, 2.24) is 9.97 Å². The summed E-state index contributed by atoms with van der Waals surface area (Å²) in [5.41, 5.74) is 4.87. The fourth-order valence-corrected chi connectivity index (χ4v) is 1.94. The van der Waals surface area contributed by atoms with E-state index in [1.165, 1.54) is 18.3 Å². The van der Waals surface area contributed by atoms with Crippen molar-refractivity contribution in [3.05, 3.63) is 68.9 Å². The van der Waals surface area contributed by atoms with Gasteiger partial charge in [-0.3, -0.25) is 14.4 Å². The summed E-state index contributed by atoms with van der Waals surface area (Å²) in [4.78, 5) is 49.7. The Kier molecular flexibility index (Phi) is 10.0. The topological polar surface area (TPSA) is 156 Å². The molecule has 0 amide bonds. The zero-order chi connectivity index (χ0) is 21.6. The third-order valence-corrected chi connectivity index (χ3v) is 3.14. The zero-order valence-electron chi connectivity index (χ0n) is 16.2. The van der Waals surface area contributed by atoms with Crippen LogP contribution in [0.15, 0.2) is 57.8 Å². The largest absolute Gasteiger partial charge is 0.466 e. The van der Waals surface area contributed by atoms with Gasteiger partial charge in [0.15, 0.2) is 0 Å². The van der Waals surface area contributed by atoms with E-state index < -0.39 is 11.9 Å². The van der Waals surface area contributed by atoms with Crippen LogP contribution in [0.1, 0.15) is 20.3 Å². The van der Waals surface area contributed by atoms with E-state index in [9.17, 15) is 19.2 Å². The Bertz CT molecular complexity index is 948. The highest BCUT2D eigenvalue weighted by Gasteiger charge is 2.16. The summed E-state index contributed by atoms with van der Waals surface area (Å²) in [7, 11) is 0. The predicted molar refractivity (Wildman–Crippen MR) is 108 cm³/mol.